The second-order valence-corrected chi connectivity index (χ2v) is 3.17. The number of nitrogens with two attached hydrogens (primary N) is 1. The van der Waals surface area contributed by atoms with Gasteiger partial charge in [-0.2, -0.15) is 0 Å². The number of hydrogen-bond acceptors (Lipinski definition) is 2. The first kappa shape index (κ1) is 8.81. The molecule has 0 fully saturated rings. The summed E-state index contributed by atoms with van der Waals surface area (Å²) in [5, 5.41) is 0. The monoisotopic (exact) mass is 187 g/mol. The molecular weight excluding hydrogens is 174 g/mol. The van der Waals surface area contributed by atoms with Crippen LogP contribution in [0.3, 0.4) is 0 Å². The van der Waals surface area contributed by atoms with E-state index in [0.29, 0.717) is 0 Å². The minimum Gasteiger partial charge on any atom is -0.338 e. The molecule has 1 aromatic heterocycles. The molecule has 3 heteroatoms. The van der Waals surface area contributed by atoms with Crippen molar-refractivity contribution >= 4 is 0 Å². The van der Waals surface area contributed by atoms with Crippen molar-refractivity contribution in [3.63, 3.8) is 0 Å². The lowest BCUT2D eigenvalue weighted by Crippen LogP contribution is -2.10. The van der Waals surface area contributed by atoms with Crippen LogP contribution >= 0.6 is 0 Å². The van der Waals surface area contributed by atoms with Crippen LogP contribution in [-0.2, 0) is 6.42 Å². The van der Waals surface area contributed by atoms with Crippen LogP contribution in [0.1, 0.15) is 12.7 Å². The highest BCUT2D eigenvalue weighted by atomic mass is 15.3. The van der Waals surface area contributed by atoms with E-state index in [0.717, 1.165) is 23.5 Å². The minimum absolute atomic E-state index is 0.851. The Bertz CT molecular complexity index is 417. The van der Waals surface area contributed by atoms with Crippen LogP contribution in [0.2, 0.25) is 0 Å². The summed E-state index contributed by atoms with van der Waals surface area (Å²) in [5.41, 5.74) is 2.04. The van der Waals surface area contributed by atoms with E-state index in [4.69, 9.17) is 5.84 Å². The summed E-state index contributed by atoms with van der Waals surface area (Å²) in [6, 6.07) is 10.0. The van der Waals surface area contributed by atoms with E-state index in [-0.39, 0.29) is 0 Å². The van der Waals surface area contributed by atoms with Gasteiger partial charge in [0, 0.05) is 12.0 Å². The third-order valence-corrected chi connectivity index (χ3v) is 2.19. The predicted molar refractivity (Wildman–Crippen MR) is 57.2 cm³/mol. The summed E-state index contributed by atoms with van der Waals surface area (Å²) in [6.45, 7) is 2.04. The van der Waals surface area contributed by atoms with Crippen LogP contribution in [0, 0.1) is 0 Å². The van der Waals surface area contributed by atoms with Crippen molar-refractivity contribution < 1.29 is 0 Å². The molecule has 2 rings (SSSR count). The number of aromatic nitrogens is 2. The third kappa shape index (κ3) is 1.48. The summed E-state index contributed by atoms with van der Waals surface area (Å²) < 4.78 is 1.59. The fourth-order valence-electron chi connectivity index (χ4n) is 1.44. The number of imidazole rings is 1. The largest absolute Gasteiger partial charge is 0.338 e. The maximum Gasteiger partial charge on any atom is 0.127 e. The fourth-order valence-corrected chi connectivity index (χ4v) is 1.44. The smallest absolute Gasteiger partial charge is 0.127 e. The zero-order chi connectivity index (χ0) is 9.97. The van der Waals surface area contributed by atoms with Gasteiger partial charge in [0.15, 0.2) is 0 Å². The summed E-state index contributed by atoms with van der Waals surface area (Å²) in [4.78, 5) is 4.44. The second kappa shape index (κ2) is 3.54. The van der Waals surface area contributed by atoms with Gasteiger partial charge >= 0.3 is 0 Å². The third-order valence-electron chi connectivity index (χ3n) is 2.19. The Balaban J connectivity index is 2.43. The molecule has 0 saturated heterocycles. The Morgan fingerprint density at radius 1 is 1.29 bits per heavy atom. The Morgan fingerprint density at radius 3 is 2.57 bits per heavy atom. The first-order valence-electron chi connectivity index (χ1n) is 4.70. The highest BCUT2D eigenvalue weighted by Gasteiger charge is 2.04. The van der Waals surface area contributed by atoms with Crippen molar-refractivity contribution in [1.29, 1.82) is 0 Å². The highest BCUT2D eigenvalue weighted by Crippen LogP contribution is 2.16. The van der Waals surface area contributed by atoms with Gasteiger partial charge in [-0.3, -0.25) is 4.68 Å². The van der Waals surface area contributed by atoms with Gasteiger partial charge in [0.1, 0.15) is 5.82 Å². The first-order valence-corrected chi connectivity index (χ1v) is 4.70. The van der Waals surface area contributed by atoms with Crippen LogP contribution < -0.4 is 5.84 Å². The van der Waals surface area contributed by atoms with E-state index in [2.05, 4.69) is 4.98 Å². The number of rotatable bonds is 2. The maximum atomic E-state index is 5.74. The average Bonchev–Trinajstić information content (AvgIpc) is 2.61. The molecular formula is C11H13N3. The molecule has 0 aliphatic heterocycles. The molecule has 14 heavy (non-hydrogen) atoms. The van der Waals surface area contributed by atoms with E-state index in [9.17, 15) is 0 Å². The molecule has 0 amide bonds. The van der Waals surface area contributed by atoms with E-state index < -0.39 is 0 Å². The van der Waals surface area contributed by atoms with Crippen LogP contribution in [0.15, 0.2) is 36.5 Å². The normalized spacial score (nSPS) is 10.4. The Morgan fingerprint density at radius 2 is 2.00 bits per heavy atom. The predicted octanol–water partition coefficient (Wildman–Crippen LogP) is 1.83. The molecule has 2 N–H and O–H groups in total. The number of hydrogen-bond donors (Lipinski definition) is 1. The van der Waals surface area contributed by atoms with Gasteiger partial charge in [-0.05, 0) is 0 Å². The second-order valence-electron chi connectivity index (χ2n) is 3.17. The Kier molecular flexibility index (Phi) is 2.23. The number of benzene rings is 1. The zero-order valence-corrected chi connectivity index (χ0v) is 8.14. The molecule has 0 bridgehead atoms. The lowest BCUT2D eigenvalue weighted by Gasteiger charge is -1.93. The Labute approximate surface area is 83.2 Å². The molecule has 0 radical (unpaired) electrons. The first-order chi connectivity index (χ1) is 6.81. The van der Waals surface area contributed by atoms with Crippen molar-refractivity contribution in [2.75, 3.05) is 5.84 Å². The molecule has 2 aromatic rings. The van der Waals surface area contributed by atoms with Crippen molar-refractivity contribution in [2.45, 2.75) is 13.3 Å². The Hall–Kier alpha value is -1.77. The van der Waals surface area contributed by atoms with Crippen LogP contribution in [-0.4, -0.2) is 9.66 Å². The van der Waals surface area contributed by atoms with Crippen LogP contribution in [0.4, 0.5) is 0 Å². The van der Waals surface area contributed by atoms with Gasteiger partial charge in [-0.15, -0.1) is 0 Å². The summed E-state index contributed by atoms with van der Waals surface area (Å²) in [7, 11) is 0. The SMILES string of the molecule is CCc1nc(-c2ccccc2)cn1N. The van der Waals surface area contributed by atoms with Gasteiger partial charge < -0.3 is 5.84 Å². The molecule has 3 nitrogen and oxygen atoms in total. The van der Waals surface area contributed by atoms with Crippen molar-refractivity contribution in [3.05, 3.63) is 42.4 Å². The molecule has 1 heterocycles. The van der Waals surface area contributed by atoms with Crippen LogP contribution in [0.5, 0.6) is 0 Å². The standard InChI is InChI=1S/C11H13N3/c1-2-11-13-10(8-14(11)12)9-6-4-3-5-7-9/h3-8H,2,12H2,1H3. The van der Waals surface area contributed by atoms with E-state index in [1.165, 1.54) is 0 Å². The van der Waals surface area contributed by atoms with Crippen molar-refractivity contribution in [1.82, 2.24) is 9.66 Å². The van der Waals surface area contributed by atoms with Gasteiger partial charge in [0.25, 0.3) is 0 Å². The topological polar surface area (TPSA) is 43.8 Å². The quantitative estimate of drug-likeness (QED) is 0.729. The molecule has 0 saturated carbocycles. The van der Waals surface area contributed by atoms with Gasteiger partial charge in [0.2, 0.25) is 0 Å². The number of nitrogens with zero attached hydrogens (tertiary/aromatic N) is 2. The van der Waals surface area contributed by atoms with Crippen molar-refractivity contribution in [3.8, 4) is 11.3 Å². The van der Waals surface area contributed by atoms with E-state index >= 15 is 0 Å². The molecule has 72 valence electrons. The summed E-state index contributed by atoms with van der Waals surface area (Å²) in [6.07, 6.45) is 2.71. The maximum absolute atomic E-state index is 5.74. The fraction of sp³-hybridized carbons (Fsp3) is 0.182. The van der Waals surface area contributed by atoms with E-state index in [1.54, 1.807) is 4.68 Å². The molecule has 0 atom stereocenters. The molecule has 0 unspecified atom stereocenters. The van der Waals surface area contributed by atoms with Gasteiger partial charge in [-0.1, -0.05) is 37.3 Å². The van der Waals surface area contributed by atoms with Crippen LogP contribution in [0.25, 0.3) is 11.3 Å². The van der Waals surface area contributed by atoms with E-state index in [1.807, 2.05) is 43.5 Å². The summed E-state index contributed by atoms with van der Waals surface area (Å²) >= 11 is 0. The van der Waals surface area contributed by atoms with Crippen molar-refractivity contribution in [2.24, 2.45) is 0 Å². The molecule has 0 aliphatic rings. The average molecular weight is 187 g/mol. The van der Waals surface area contributed by atoms with Gasteiger partial charge in [-0.25, -0.2) is 4.98 Å². The minimum atomic E-state index is 0.851. The molecule has 0 spiro atoms. The molecule has 1 aromatic carbocycles. The lowest BCUT2D eigenvalue weighted by atomic mass is 10.2. The highest BCUT2D eigenvalue weighted by molar-refractivity contribution is 5.58. The number of nitrogen functional groups attached to an aromatic ring is 1. The zero-order valence-electron chi connectivity index (χ0n) is 8.14. The summed E-state index contributed by atoms with van der Waals surface area (Å²) in [5.74, 6) is 6.65. The van der Waals surface area contributed by atoms with Gasteiger partial charge in [0.05, 0.1) is 11.9 Å². The molecule has 0 aliphatic carbocycles. The number of aryl methyl sites for hydroxylation is 1. The lowest BCUT2D eigenvalue weighted by molar-refractivity contribution is 0.858.